The molecule has 0 saturated heterocycles. The molecule has 0 heterocycles. The third-order valence-corrected chi connectivity index (χ3v) is 1.31. The topological polar surface area (TPSA) is 41.1 Å². The number of rotatable bonds is 3. The lowest BCUT2D eigenvalue weighted by molar-refractivity contribution is -0.105. The Morgan fingerprint density at radius 1 is 1.18 bits per heavy atom. The van der Waals surface area contributed by atoms with Crippen molar-refractivity contribution in [3.05, 3.63) is 31.3 Å². The van der Waals surface area contributed by atoms with Crippen molar-refractivity contribution in [2.75, 3.05) is 10.6 Å². The summed E-state index contributed by atoms with van der Waals surface area (Å²) >= 11 is 0. The molecule has 0 unspecified atom stereocenters. The second-order valence-corrected chi connectivity index (χ2v) is 2.02. The van der Waals surface area contributed by atoms with Crippen LogP contribution >= 0.6 is 0 Å². The van der Waals surface area contributed by atoms with Gasteiger partial charge in [0.1, 0.15) is 0 Å². The van der Waals surface area contributed by atoms with E-state index in [0.717, 1.165) is 11.4 Å². The molecule has 1 amide bonds. The van der Waals surface area contributed by atoms with Gasteiger partial charge in [-0.25, -0.2) is 0 Å². The Morgan fingerprint density at radius 2 is 1.73 bits per heavy atom. The van der Waals surface area contributed by atoms with E-state index in [1.165, 1.54) is 0 Å². The minimum Gasteiger partial charge on any atom is -0.383 e. The predicted molar refractivity (Wildman–Crippen MR) is 45.1 cm³/mol. The molecule has 0 spiro atoms. The number of carbonyl (C=O) groups excluding carboxylic acids is 1. The second-order valence-electron chi connectivity index (χ2n) is 2.02. The van der Waals surface area contributed by atoms with Crippen LogP contribution in [0.4, 0.5) is 11.4 Å². The molecule has 0 aliphatic heterocycles. The SMILES string of the molecule is [CH2]Nc1ccc(NC=O)cc1. The molecule has 0 aliphatic carbocycles. The maximum atomic E-state index is 9.99. The number of hydrogen-bond acceptors (Lipinski definition) is 2. The molecule has 0 aromatic heterocycles. The fourth-order valence-corrected chi connectivity index (χ4v) is 0.752. The van der Waals surface area contributed by atoms with E-state index in [-0.39, 0.29) is 0 Å². The number of nitrogens with one attached hydrogen (secondary N) is 2. The van der Waals surface area contributed by atoms with Gasteiger partial charge >= 0.3 is 0 Å². The number of carbonyl (C=O) groups is 1. The number of anilines is 2. The highest BCUT2D eigenvalue weighted by atomic mass is 16.1. The number of amides is 1. The lowest BCUT2D eigenvalue weighted by atomic mass is 10.3. The monoisotopic (exact) mass is 149 g/mol. The van der Waals surface area contributed by atoms with Crippen molar-refractivity contribution in [1.29, 1.82) is 0 Å². The van der Waals surface area contributed by atoms with Crippen LogP contribution < -0.4 is 10.6 Å². The fraction of sp³-hybridized carbons (Fsp3) is 0. The highest BCUT2D eigenvalue weighted by Gasteiger charge is 1.88. The lowest BCUT2D eigenvalue weighted by Crippen LogP contribution is -1.93. The summed E-state index contributed by atoms with van der Waals surface area (Å²) < 4.78 is 0. The summed E-state index contributed by atoms with van der Waals surface area (Å²) in [5.74, 6) is 0. The van der Waals surface area contributed by atoms with Gasteiger partial charge in [-0.3, -0.25) is 4.79 Å². The minimum atomic E-state index is 0.645. The van der Waals surface area contributed by atoms with Crippen LogP contribution in [0.15, 0.2) is 24.3 Å². The highest BCUT2D eigenvalue weighted by Crippen LogP contribution is 2.11. The van der Waals surface area contributed by atoms with Crippen molar-refractivity contribution < 1.29 is 4.79 Å². The fourth-order valence-electron chi connectivity index (χ4n) is 0.752. The Kier molecular flexibility index (Phi) is 2.49. The quantitative estimate of drug-likeness (QED) is 0.639. The molecule has 0 saturated carbocycles. The molecule has 1 aromatic carbocycles. The molecule has 1 rings (SSSR count). The molecule has 0 aliphatic rings. The largest absolute Gasteiger partial charge is 0.383 e. The summed E-state index contributed by atoms with van der Waals surface area (Å²) in [7, 11) is 3.49. The van der Waals surface area contributed by atoms with Crippen LogP contribution in [0.1, 0.15) is 0 Å². The van der Waals surface area contributed by atoms with Crippen molar-refractivity contribution >= 4 is 17.8 Å². The van der Waals surface area contributed by atoms with Gasteiger partial charge in [0.25, 0.3) is 0 Å². The van der Waals surface area contributed by atoms with Crippen molar-refractivity contribution in [1.82, 2.24) is 0 Å². The molecular formula is C8H9N2O. The van der Waals surface area contributed by atoms with Crippen LogP contribution in [0.25, 0.3) is 0 Å². The summed E-state index contributed by atoms with van der Waals surface area (Å²) in [5.41, 5.74) is 1.69. The van der Waals surface area contributed by atoms with E-state index >= 15 is 0 Å². The Morgan fingerprint density at radius 3 is 2.18 bits per heavy atom. The first kappa shape index (κ1) is 7.60. The zero-order valence-electron chi connectivity index (χ0n) is 6.00. The van der Waals surface area contributed by atoms with Gasteiger partial charge in [-0.05, 0) is 24.3 Å². The van der Waals surface area contributed by atoms with Crippen molar-refractivity contribution in [2.45, 2.75) is 0 Å². The van der Waals surface area contributed by atoms with Crippen LogP contribution in [-0.4, -0.2) is 6.41 Å². The maximum Gasteiger partial charge on any atom is 0.211 e. The third-order valence-electron chi connectivity index (χ3n) is 1.31. The average molecular weight is 149 g/mol. The van der Waals surface area contributed by atoms with Gasteiger partial charge in [0.15, 0.2) is 0 Å². The molecule has 3 nitrogen and oxygen atoms in total. The van der Waals surface area contributed by atoms with Gasteiger partial charge in [0, 0.05) is 18.4 Å². The summed E-state index contributed by atoms with van der Waals surface area (Å²) in [6.07, 6.45) is 0.645. The molecule has 1 radical (unpaired) electrons. The Hall–Kier alpha value is -1.51. The second kappa shape index (κ2) is 3.61. The summed E-state index contributed by atoms with van der Waals surface area (Å²) in [4.78, 5) is 9.99. The van der Waals surface area contributed by atoms with Crippen LogP contribution in [0.3, 0.4) is 0 Å². The van der Waals surface area contributed by atoms with Crippen LogP contribution in [0.5, 0.6) is 0 Å². The van der Waals surface area contributed by atoms with E-state index in [4.69, 9.17) is 0 Å². The summed E-state index contributed by atoms with van der Waals surface area (Å²) in [6.45, 7) is 0. The zero-order chi connectivity index (χ0) is 8.10. The molecule has 3 heteroatoms. The van der Waals surface area contributed by atoms with E-state index in [2.05, 4.69) is 17.7 Å². The normalized spacial score (nSPS) is 8.82. The van der Waals surface area contributed by atoms with Gasteiger partial charge in [-0.1, -0.05) is 0 Å². The minimum absolute atomic E-state index is 0.645. The third kappa shape index (κ3) is 1.97. The first-order valence-electron chi connectivity index (χ1n) is 3.20. The Labute approximate surface area is 65.4 Å². The Balaban J connectivity index is 2.74. The van der Waals surface area contributed by atoms with Crippen molar-refractivity contribution in [3.63, 3.8) is 0 Å². The van der Waals surface area contributed by atoms with E-state index in [1.807, 2.05) is 12.1 Å². The van der Waals surface area contributed by atoms with Crippen LogP contribution in [-0.2, 0) is 4.79 Å². The molecule has 0 atom stereocenters. The maximum absolute atomic E-state index is 9.99. The molecule has 11 heavy (non-hydrogen) atoms. The standard InChI is InChI=1S/C8H9N2O/c1-9-7-2-4-8(5-3-7)10-6-11/h2-6,9H,1H2,(H,10,11). The van der Waals surface area contributed by atoms with Gasteiger partial charge in [-0.2, -0.15) is 0 Å². The van der Waals surface area contributed by atoms with E-state index in [0.29, 0.717) is 6.41 Å². The molecular weight excluding hydrogens is 140 g/mol. The molecule has 2 N–H and O–H groups in total. The predicted octanol–water partition coefficient (Wildman–Crippen LogP) is 1.46. The molecule has 0 fully saturated rings. The van der Waals surface area contributed by atoms with E-state index < -0.39 is 0 Å². The number of benzene rings is 1. The number of hydrogen-bond donors (Lipinski definition) is 2. The van der Waals surface area contributed by atoms with Gasteiger partial charge in [0.2, 0.25) is 6.41 Å². The highest BCUT2D eigenvalue weighted by molar-refractivity contribution is 5.72. The zero-order valence-corrected chi connectivity index (χ0v) is 6.00. The van der Waals surface area contributed by atoms with Crippen molar-refractivity contribution in [3.8, 4) is 0 Å². The van der Waals surface area contributed by atoms with Gasteiger partial charge in [0.05, 0.1) is 0 Å². The molecule has 57 valence electrons. The van der Waals surface area contributed by atoms with Crippen molar-refractivity contribution in [2.24, 2.45) is 0 Å². The van der Waals surface area contributed by atoms with Gasteiger partial charge in [-0.15, -0.1) is 0 Å². The lowest BCUT2D eigenvalue weighted by Gasteiger charge is -2.00. The smallest absolute Gasteiger partial charge is 0.211 e. The summed E-state index contributed by atoms with van der Waals surface area (Å²) in [6, 6.07) is 7.25. The first-order chi connectivity index (χ1) is 5.36. The molecule has 0 bridgehead atoms. The Bertz CT molecular complexity index is 230. The van der Waals surface area contributed by atoms with E-state index in [9.17, 15) is 4.79 Å². The first-order valence-corrected chi connectivity index (χ1v) is 3.20. The van der Waals surface area contributed by atoms with E-state index in [1.54, 1.807) is 12.1 Å². The van der Waals surface area contributed by atoms with Crippen LogP contribution in [0, 0.1) is 7.05 Å². The molecule has 1 aromatic rings. The summed E-state index contributed by atoms with van der Waals surface area (Å²) in [5, 5.41) is 5.26. The van der Waals surface area contributed by atoms with Crippen LogP contribution in [0.2, 0.25) is 0 Å². The van der Waals surface area contributed by atoms with Gasteiger partial charge < -0.3 is 10.6 Å². The average Bonchev–Trinajstić information content (AvgIpc) is 2.07.